The second-order valence-corrected chi connectivity index (χ2v) is 12.8. The molecule has 0 aromatic heterocycles. The average molecular weight is 519 g/mol. The zero-order chi connectivity index (χ0) is 26.5. The summed E-state index contributed by atoms with van der Waals surface area (Å²) in [6.07, 6.45) is 46.8. The summed E-state index contributed by atoms with van der Waals surface area (Å²) in [6.45, 7) is 2.31. The zero-order valence-electron chi connectivity index (χ0n) is 25.8. The van der Waals surface area contributed by atoms with E-state index in [2.05, 4.69) is 6.92 Å². The van der Waals surface area contributed by atoms with Gasteiger partial charge in [-0.05, 0) is 24.7 Å². The molecule has 0 radical (unpaired) electrons. The molecule has 0 heterocycles. The Morgan fingerprint density at radius 3 is 0.973 bits per heavy atom. The molecule has 1 heteroatoms. The van der Waals surface area contributed by atoms with Crippen LogP contribution in [0.1, 0.15) is 212 Å². The minimum absolute atomic E-state index is 0.765. The van der Waals surface area contributed by atoms with Crippen molar-refractivity contribution >= 4 is 6.29 Å². The Kier molecular flexibility index (Phi) is 26.9. The third-order valence-electron chi connectivity index (χ3n) is 9.14. The minimum atomic E-state index is 0.765. The SMILES string of the molecule is CCCCCCCCCCCCCCCCCCCC[C@H]1C[C@H]1CCCCCCCCCCCCC=O. The molecule has 1 aliphatic rings. The molecule has 0 amide bonds. The van der Waals surface area contributed by atoms with E-state index in [1.165, 1.54) is 186 Å². The van der Waals surface area contributed by atoms with Crippen LogP contribution >= 0.6 is 0 Å². The molecule has 0 aromatic rings. The number of carbonyl (C=O) groups excluding carboxylic acids is 1. The molecule has 0 spiro atoms. The van der Waals surface area contributed by atoms with Crippen LogP contribution in [0.3, 0.4) is 0 Å². The first-order valence-electron chi connectivity index (χ1n) is 17.8. The van der Waals surface area contributed by atoms with E-state index in [1.807, 2.05) is 0 Å². The van der Waals surface area contributed by atoms with E-state index in [1.54, 1.807) is 6.42 Å². The zero-order valence-corrected chi connectivity index (χ0v) is 25.8. The summed E-state index contributed by atoms with van der Waals surface area (Å²) in [5.74, 6) is 2.22. The Hall–Kier alpha value is -0.330. The second-order valence-electron chi connectivity index (χ2n) is 12.8. The highest BCUT2D eigenvalue weighted by Gasteiger charge is 2.34. The highest BCUT2D eigenvalue weighted by atomic mass is 16.1. The van der Waals surface area contributed by atoms with Gasteiger partial charge < -0.3 is 4.79 Å². The van der Waals surface area contributed by atoms with Gasteiger partial charge in [0.2, 0.25) is 0 Å². The van der Waals surface area contributed by atoms with E-state index in [9.17, 15) is 4.79 Å². The monoisotopic (exact) mass is 519 g/mol. The van der Waals surface area contributed by atoms with Gasteiger partial charge in [-0.15, -0.1) is 0 Å². The maximum Gasteiger partial charge on any atom is 0.119 e. The smallest absolute Gasteiger partial charge is 0.119 e. The lowest BCUT2D eigenvalue weighted by molar-refractivity contribution is -0.107. The molecule has 0 saturated heterocycles. The summed E-state index contributed by atoms with van der Waals surface area (Å²) in [5.41, 5.74) is 0. The van der Waals surface area contributed by atoms with Crippen molar-refractivity contribution in [1.29, 1.82) is 0 Å². The summed E-state index contributed by atoms with van der Waals surface area (Å²) >= 11 is 0. The van der Waals surface area contributed by atoms with Gasteiger partial charge in [-0.1, -0.05) is 193 Å². The number of hydrogen-bond donors (Lipinski definition) is 0. The van der Waals surface area contributed by atoms with Gasteiger partial charge in [-0.25, -0.2) is 0 Å². The first kappa shape index (κ1) is 34.7. The van der Waals surface area contributed by atoms with Gasteiger partial charge in [-0.3, -0.25) is 0 Å². The van der Waals surface area contributed by atoms with Crippen molar-refractivity contribution in [3.05, 3.63) is 0 Å². The lowest BCUT2D eigenvalue weighted by Gasteiger charge is -2.04. The Morgan fingerprint density at radius 2 is 0.676 bits per heavy atom. The molecule has 220 valence electrons. The largest absolute Gasteiger partial charge is 0.303 e. The van der Waals surface area contributed by atoms with Crippen molar-refractivity contribution in [2.75, 3.05) is 0 Å². The number of rotatable bonds is 32. The fraction of sp³-hybridized carbons (Fsp3) is 0.972. The molecule has 0 unspecified atom stereocenters. The van der Waals surface area contributed by atoms with Crippen molar-refractivity contribution in [2.24, 2.45) is 11.8 Å². The second kappa shape index (κ2) is 28.7. The van der Waals surface area contributed by atoms with Crippen molar-refractivity contribution in [2.45, 2.75) is 212 Å². The van der Waals surface area contributed by atoms with E-state index >= 15 is 0 Å². The summed E-state index contributed by atoms with van der Waals surface area (Å²) in [5, 5.41) is 0. The fourth-order valence-corrected chi connectivity index (χ4v) is 6.37. The standard InChI is InChI=1S/C36H70O/c1-2-3-4-5-6-7-8-9-10-11-12-13-14-16-19-22-25-28-31-35-34-36(35)32-29-26-23-20-17-15-18-21-24-27-30-33-37/h33,35-36H,2-32,34H2,1H3/t35-,36+/m0/s1. The molecule has 0 N–H and O–H groups in total. The van der Waals surface area contributed by atoms with Crippen LogP contribution < -0.4 is 0 Å². The molecule has 0 aromatic carbocycles. The quantitative estimate of drug-likeness (QED) is 0.0639. The van der Waals surface area contributed by atoms with Crippen LogP contribution in [-0.2, 0) is 4.79 Å². The maximum atomic E-state index is 10.3. The third-order valence-corrected chi connectivity index (χ3v) is 9.14. The normalized spacial score (nSPS) is 16.9. The van der Waals surface area contributed by atoms with Crippen LogP contribution in [0.4, 0.5) is 0 Å². The maximum absolute atomic E-state index is 10.3. The summed E-state index contributed by atoms with van der Waals surface area (Å²) in [4.78, 5) is 10.3. The number of hydrogen-bond acceptors (Lipinski definition) is 1. The molecule has 1 nitrogen and oxygen atoms in total. The first-order chi connectivity index (χ1) is 18.4. The van der Waals surface area contributed by atoms with Crippen LogP contribution in [0.15, 0.2) is 0 Å². The molecule has 1 rings (SSSR count). The lowest BCUT2D eigenvalue weighted by Crippen LogP contribution is -1.87. The Balaban J connectivity index is 1.67. The van der Waals surface area contributed by atoms with Crippen LogP contribution in [0.5, 0.6) is 0 Å². The average Bonchev–Trinajstić information content (AvgIpc) is 3.66. The molecular weight excluding hydrogens is 448 g/mol. The van der Waals surface area contributed by atoms with Crippen LogP contribution in [0.25, 0.3) is 0 Å². The summed E-state index contributed by atoms with van der Waals surface area (Å²) < 4.78 is 0. The molecule has 0 aliphatic heterocycles. The first-order valence-corrected chi connectivity index (χ1v) is 17.8. The minimum Gasteiger partial charge on any atom is -0.303 e. The van der Waals surface area contributed by atoms with Crippen LogP contribution in [-0.4, -0.2) is 6.29 Å². The van der Waals surface area contributed by atoms with E-state index < -0.39 is 0 Å². The molecule has 1 aliphatic carbocycles. The van der Waals surface area contributed by atoms with Crippen LogP contribution in [0.2, 0.25) is 0 Å². The highest BCUT2D eigenvalue weighted by Crippen LogP contribution is 2.45. The van der Waals surface area contributed by atoms with Crippen molar-refractivity contribution in [3.63, 3.8) is 0 Å². The molecule has 1 saturated carbocycles. The molecular formula is C36H70O. The van der Waals surface area contributed by atoms with Crippen molar-refractivity contribution < 1.29 is 4.79 Å². The number of unbranched alkanes of at least 4 members (excludes halogenated alkanes) is 27. The Morgan fingerprint density at radius 1 is 0.405 bits per heavy atom. The van der Waals surface area contributed by atoms with E-state index in [4.69, 9.17) is 0 Å². The third kappa shape index (κ3) is 25.7. The van der Waals surface area contributed by atoms with Gasteiger partial charge in [0, 0.05) is 6.42 Å². The van der Waals surface area contributed by atoms with Gasteiger partial charge in [-0.2, -0.15) is 0 Å². The van der Waals surface area contributed by atoms with Gasteiger partial charge in [0.25, 0.3) is 0 Å². The lowest BCUT2D eigenvalue weighted by atomic mass is 10.0. The van der Waals surface area contributed by atoms with E-state index in [0.29, 0.717) is 0 Å². The topological polar surface area (TPSA) is 17.1 Å². The van der Waals surface area contributed by atoms with Gasteiger partial charge in [0.05, 0.1) is 0 Å². The number of aldehydes is 1. The van der Waals surface area contributed by atoms with Crippen molar-refractivity contribution in [1.82, 2.24) is 0 Å². The van der Waals surface area contributed by atoms with E-state index in [0.717, 1.165) is 31.0 Å². The highest BCUT2D eigenvalue weighted by molar-refractivity contribution is 5.48. The molecule has 0 bridgehead atoms. The van der Waals surface area contributed by atoms with Gasteiger partial charge in [0.15, 0.2) is 0 Å². The fourth-order valence-electron chi connectivity index (χ4n) is 6.37. The van der Waals surface area contributed by atoms with Gasteiger partial charge >= 0.3 is 0 Å². The molecule has 2 atom stereocenters. The predicted octanol–water partition coefficient (Wildman–Crippen LogP) is 12.9. The van der Waals surface area contributed by atoms with Gasteiger partial charge in [0.1, 0.15) is 6.29 Å². The Labute approximate surface area is 235 Å². The Bertz CT molecular complexity index is 444. The molecule has 37 heavy (non-hydrogen) atoms. The van der Waals surface area contributed by atoms with Crippen LogP contribution in [0, 0.1) is 11.8 Å². The van der Waals surface area contributed by atoms with Crippen molar-refractivity contribution in [3.8, 4) is 0 Å². The summed E-state index contributed by atoms with van der Waals surface area (Å²) in [6, 6.07) is 0. The van der Waals surface area contributed by atoms with E-state index in [-0.39, 0.29) is 0 Å². The summed E-state index contributed by atoms with van der Waals surface area (Å²) in [7, 11) is 0. The predicted molar refractivity (Wildman–Crippen MR) is 166 cm³/mol. The molecule has 1 fully saturated rings. The number of carbonyl (C=O) groups is 1.